The first-order valence-electron chi connectivity index (χ1n) is 6.26. The topological polar surface area (TPSA) is 93.8 Å². The molecule has 0 radical (unpaired) electrons. The lowest BCUT2D eigenvalue weighted by atomic mass is 10.1. The number of nitrogens with one attached hydrogen (secondary N) is 1. The van der Waals surface area contributed by atoms with E-state index in [9.17, 15) is 14.0 Å². The van der Waals surface area contributed by atoms with Gasteiger partial charge in [0, 0.05) is 18.0 Å². The first kappa shape index (κ1) is 15.5. The van der Waals surface area contributed by atoms with Gasteiger partial charge in [-0.2, -0.15) is 4.98 Å². The number of H-pyrrole nitrogens is 1. The van der Waals surface area contributed by atoms with Crippen molar-refractivity contribution in [2.45, 2.75) is 29.4 Å². The van der Waals surface area contributed by atoms with Crippen molar-refractivity contribution in [1.82, 2.24) is 14.8 Å². The SMILES string of the molecule is CC(N)Cc1cc(F)ccc1Sc1nc(=O)c(=O)[nH]n1C. The largest absolute Gasteiger partial charge is 0.339 e. The van der Waals surface area contributed by atoms with Crippen LogP contribution in [-0.2, 0) is 13.5 Å². The van der Waals surface area contributed by atoms with Gasteiger partial charge in [0.2, 0.25) is 0 Å². The van der Waals surface area contributed by atoms with E-state index in [0.717, 1.165) is 10.5 Å². The highest BCUT2D eigenvalue weighted by atomic mass is 32.2. The maximum atomic E-state index is 13.4. The summed E-state index contributed by atoms with van der Waals surface area (Å²) in [4.78, 5) is 27.0. The molecule has 2 aromatic rings. The Morgan fingerprint density at radius 2 is 2.19 bits per heavy atom. The van der Waals surface area contributed by atoms with Gasteiger partial charge in [-0.3, -0.25) is 19.4 Å². The van der Waals surface area contributed by atoms with E-state index in [-0.39, 0.29) is 11.9 Å². The molecule has 1 aromatic carbocycles. The Morgan fingerprint density at radius 3 is 2.86 bits per heavy atom. The minimum Gasteiger partial charge on any atom is -0.328 e. The molecule has 3 N–H and O–H groups in total. The molecule has 0 aliphatic heterocycles. The van der Waals surface area contributed by atoms with Crippen LogP contribution in [0.2, 0.25) is 0 Å². The third-order valence-electron chi connectivity index (χ3n) is 2.71. The van der Waals surface area contributed by atoms with Crippen LogP contribution >= 0.6 is 11.8 Å². The quantitative estimate of drug-likeness (QED) is 0.809. The maximum Gasteiger partial charge on any atom is 0.339 e. The zero-order chi connectivity index (χ0) is 15.6. The zero-order valence-electron chi connectivity index (χ0n) is 11.6. The molecule has 1 aromatic heterocycles. The number of hydrogen-bond acceptors (Lipinski definition) is 5. The van der Waals surface area contributed by atoms with Crippen molar-refractivity contribution in [3.8, 4) is 0 Å². The van der Waals surface area contributed by atoms with E-state index in [1.807, 2.05) is 6.92 Å². The molecule has 1 atom stereocenters. The van der Waals surface area contributed by atoms with Crippen LogP contribution in [0.3, 0.4) is 0 Å². The number of benzene rings is 1. The fraction of sp³-hybridized carbons (Fsp3) is 0.308. The molecule has 0 aliphatic carbocycles. The molecule has 0 saturated heterocycles. The minimum atomic E-state index is -0.855. The summed E-state index contributed by atoms with van der Waals surface area (Å²) in [6.07, 6.45) is 0.497. The molecule has 8 heteroatoms. The molecule has 0 aliphatic rings. The van der Waals surface area contributed by atoms with Gasteiger partial charge < -0.3 is 5.73 Å². The summed E-state index contributed by atoms with van der Waals surface area (Å²) in [5, 5.41) is 2.68. The van der Waals surface area contributed by atoms with Gasteiger partial charge in [-0.15, -0.1) is 0 Å². The molecule has 1 unspecified atom stereocenters. The second-order valence-corrected chi connectivity index (χ2v) is 5.74. The summed E-state index contributed by atoms with van der Waals surface area (Å²) in [5.74, 6) is -0.349. The van der Waals surface area contributed by atoms with Crippen LogP contribution in [0.4, 0.5) is 4.39 Å². The zero-order valence-corrected chi connectivity index (χ0v) is 12.4. The van der Waals surface area contributed by atoms with E-state index in [1.54, 1.807) is 13.1 Å². The summed E-state index contributed by atoms with van der Waals surface area (Å²) in [5.41, 5.74) is 4.86. The van der Waals surface area contributed by atoms with E-state index in [0.29, 0.717) is 11.6 Å². The molecular weight excluding hydrogens is 295 g/mol. The molecule has 21 heavy (non-hydrogen) atoms. The Hall–Kier alpha value is -1.93. The van der Waals surface area contributed by atoms with Crippen molar-refractivity contribution in [2.75, 3.05) is 0 Å². The number of aromatic nitrogens is 3. The lowest BCUT2D eigenvalue weighted by Gasteiger charge is -2.12. The summed E-state index contributed by atoms with van der Waals surface area (Å²) in [6, 6.07) is 4.22. The molecule has 1 heterocycles. The van der Waals surface area contributed by atoms with Crippen molar-refractivity contribution >= 4 is 11.8 Å². The normalized spacial score (nSPS) is 12.4. The van der Waals surface area contributed by atoms with Crippen molar-refractivity contribution in [3.05, 3.63) is 50.3 Å². The standard InChI is InChI=1S/C13H15FN4O2S/c1-7(15)5-8-6-9(14)3-4-10(8)21-13-16-11(19)12(20)17-18(13)2/h3-4,6-7H,5,15H2,1-2H3,(H,17,20). The van der Waals surface area contributed by atoms with Gasteiger partial charge in [0.25, 0.3) is 0 Å². The third kappa shape index (κ3) is 3.79. The molecule has 2 rings (SSSR count). The molecule has 0 amide bonds. The first-order chi connectivity index (χ1) is 9.86. The highest BCUT2D eigenvalue weighted by Gasteiger charge is 2.12. The highest BCUT2D eigenvalue weighted by Crippen LogP contribution is 2.29. The Labute approximate surface area is 124 Å². The number of nitrogens with zero attached hydrogens (tertiary/aromatic N) is 2. The number of halogens is 1. The molecule has 0 fully saturated rings. The predicted octanol–water partition coefficient (Wildman–Crippen LogP) is 0.649. The summed E-state index contributed by atoms with van der Waals surface area (Å²) >= 11 is 1.17. The minimum absolute atomic E-state index is 0.126. The van der Waals surface area contributed by atoms with Gasteiger partial charge in [-0.25, -0.2) is 4.39 Å². The van der Waals surface area contributed by atoms with Crippen molar-refractivity contribution in [1.29, 1.82) is 0 Å². The Kier molecular flexibility index (Phi) is 4.59. The average molecular weight is 310 g/mol. The number of nitrogens with two attached hydrogens (primary N) is 1. The van der Waals surface area contributed by atoms with Crippen LogP contribution in [-0.4, -0.2) is 20.8 Å². The van der Waals surface area contributed by atoms with E-state index in [4.69, 9.17) is 5.73 Å². The monoisotopic (exact) mass is 310 g/mol. The van der Waals surface area contributed by atoms with E-state index in [2.05, 4.69) is 10.1 Å². The van der Waals surface area contributed by atoms with Crippen LogP contribution in [0, 0.1) is 5.82 Å². The van der Waals surface area contributed by atoms with Gasteiger partial charge in [0.05, 0.1) is 0 Å². The summed E-state index contributed by atoms with van der Waals surface area (Å²) in [6.45, 7) is 1.83. The van der Waals surface area contributed by atoms with E-state index < -0.39 is 11.1 Å². The van der Waals surface area contributed by atoms with Gasteiger partial charge in [-0.1, -0.05) is 0 Å². The summed E-state index contributed by atoms with van der Waals surface area (Å²) in [7, 11) is 1.57. The smallest absolute Gasteiger partial charge is 0.328 e. The first-order valence-corrected chi connectivity index (χ1v) is 7.07. The highest BCUT2D eigenvalue weighted by molar-refractivity contribution is 7.99. The lowest BCUT2D eigenvalue weighted by Crippen LogP contribution is -2.33. The van der Waals surface area contributed by atoms with Crippen molar-refractivity contribution < 1.29 is 4.39 Å². The van der Waals surface area contributed by atoms with E-state index >= 15 is 0 Å². The van der Waals surface area contributed by atoms with Crippen LogP contribution < -0.4 is 16.9 Å². The Morgan fingerprint density at radius 1 is 1.48 bits per heavy atom. The van der Waals surface area contributed by atoms with E-state index in [1.165, 1.54) is 28.6 Å². The molecule has 6 nitrogen and oxygen atoms in total. The number of hydrogen-bond donors (Lipinski definition) is 2. The molecule has 0 saturated carbocycles. The average Bonchev–Trinajstić information content (AvgIpc) is 2.38. The van der Waals surface area contributed by atoms with Crippen molar-refractivity contribution in [2.24, 2.45) is 12.8 Å². The number of rotatable bonds is 4. The van der Waals surface area contributed by atoms with Crippen LogP contribution in [0.15, 0.2) is 37.8 Å². The molecule has 112 valence electrons. The lowest BCUT2D eigenvalue weighted by molar-refractivity contribution is 0.595. The Balaban J connectivity index is 2.42. The van der Waals surface area contributed by atoms with Crippen LogP contribution in [0.25, 0.3) is 0 Å². The van der Waals surface area contributed by atoms with Gasteiger partial charge >= 0.3 is 11.1 Å². The second kappa shape index (κ2) is 6.23. The third-order valence-corrected chi connectivity index (χ3v) is 3.88. The fourth-order valence-electron chi connectivity index (χ4n) is 1.80. The predicted molar refractivity (Wildman–Crippen MR) is 78.0 cm³/mol. The second-order valence-electron chi connectivity index (χ2n) is 4.73. The molecule has 0 bridgehead atoms. The van der Waals surface area contributed by atoms with Crippen LogP contribution in [0.5, 0.6) is 0 Å². The number of aromatic amines is 1. The molecule has 0 spiro atoms. The van der Waals surface area contributed by atoms with Crippen molar-refractivity contribution in [3.63, 3.8) is 0 Å². The fourth-order valence-corrected chi connectivity index (χ4v) is 2.72. The Bertz CT molecular complexity index is 769. The van der Waals surface area contributed by atoms with Gasteiger partial charge in [0.1, 0.15) is 5.82 Å². The van der Waals surface area contributed by atoms with Gasteiger partial charge in [-0.05, 0) is 48.9 Å². The summed E-state index contributed by atoms with van der Waals surface area (Å²) < 4.78 is 14.7. The number of aryl methyl sites for hydroxylation is 1. The van der Waals surface area contributed by atoms with Crippen LogP contribution in [0.1, 0.15) is 12.5 Å². The molecular formula is C13H15FN4O2S. The van der Waals surface area contributed by atoms with Gasteiger partial charge in [0.15, 0.2) is 5.16 Å². The maximum absolute atomic E-state index is 13.4.